The summed E-state index contributed by atoms with van der Waals surface area (Å²) in [6, 6.07) is 5.07. The third-order valence-corrected chi connectivity index (χ3v) is 3.59. The van der Waals surface area contributed by atoms with Gasteiger partial charge in [0.05, 0.1) is 0 Å². The van der Waals surface area contributed by atoms with Gasteiger partial charge in [-0.05, 0) is 31.0 Å². The van der Waals surface area contributed by atoms with Crippen molar-refractivity contribution in [2.75, 3.05) is 17.3 Å². The smallest absolute Gasteiger partial charge is 0.249 e. The average Bonchev–Trinajstić information content (AvgIpc) is 2.81. The summed E-state index contributed by atoms with van der Waals surface area (Å²) >= 11 is 5.43. The van der Waals surface area contributed by atoms with Crippen LogP contribution in [0.2, 0.25) is 0 Å². The molecule has 0 aliphatic carbocycles. The summed E-state index contributed by atoms with van der Waals surface area (Å²) in [5, 5.41) is 2.62. The Balaban J connectivity index is 2.17. The predicted molar refractivity (Wildman–Crippen MR) is 78.7 cm³/mol. The number of amides is 2. The van der Waals surface area contributed by atoms with Crippen LogP contribution in [-0.2, 0) is 9.59 Å². The number of benzene rings is 1. The molecule has 1 N–H and O–H groups in total. The quantitative estimate of drug-likeness (QED) is 0.676. The van der Waals surface area contributed by atoms with E-state index in [1.807, 2.05) is 25.1 Å². The number of halogens is 1. The monoisotopic (exact) mass is 290 g/mol. The van der Waals surface area contributed by atoms with E-state index in [-0.39, 0.29) is 17.7 Å². The van der Waals surface area contributed by atoms with E-state index in [1.54, 1.807) is 4.90 Å². The van der Waals surface area contributed by atoms with Gasteiger partial charge in [0.2, 0.25) is 11.8 Å². The molecule has 0 bridgehead atoms. The first-order valence-corrected chi connectivity index (χ1v) is 6.84. The van der Waals surface area contributed by atoms with Crippen molar-refractivity contribution < 1.29 is 9.59 Å². The van der Waals surface area contributed by atoms with Gasteiger partial charge in [0.15, 0.2) is 0 Å². The second-order valence-electron chi connectivity index (χ2n) is 4.68. The van der Waals surface area contributed by atoms with Crippen LogP contribution in [0.3, 0.4) is 0 Å². The third kappa shape index (κ3) is 2.78. The lowest BCUT2D eigenvalue weighted by atomic mass is 10.1. The SMILES string of the molecule is C#Cc1cc(N2CCC(NC(=O)CCl)C2=O)ccc1C. The van der Waals surface area contributed by atoms with E-state index in [1.165, 1.54) is 0 Å². The summed E-state index contributed by atoms with van der Waals surface area (Å²) in [6.45, 7) is 2.48. The molecule has 2 amide bonds. The van der Waals surface area contributed by atoms with Gasteiger partial charge >= 0.3 is 0 Å². The summed E-state index contributed by atoms with van der Waals surface area (Å²) in [6.07, 6.45) is 6.01. The zero-order chi connectivity index (χ0) is 14.7. The molecule has 1 atom stereocenters. The van der Waals surface area contributed by atoms with Crippen LogP contribution in [-0.4, -0.2) is 30.3 Å². The minimum Gasteiger partial charge on any atom is -0.343 e. The lowest BCUT2D eigenvalue weighted by molar-refractivity contribution is -0.125. The van der Waals surface area contributed by atoms with Crippen LogP contribution in [0.25, 0.3) is 0 Å². The molecule has 0 radical (unpaired) electrons. The van der Waals surface area contributed by atoms with Gasteiger partial charge in [-0.15, -0.1) is 18.0 Å². The number of hydrogen-bond donors (Lipinski definition) is 1. The first-order valence-electron chi connectivity index (χ1n) is 6.30. The fraction of sp³-hybridized carbons (Fsp3) is 0.333. The molecule has 20 heavy (non-hydrogen) atoms. The fourth-order valence-corrected chi connectivity index (χ4v) is 2.31. The van der Waals surface area contributed by atoms with E-state index >= 15 is 0 Å². The Bertz CT molecular complexity index is 592. The number of carbonyl (C=O) groups is 2. The van der Waals surface area contributed by atoms with E-state index in [0.717, 1.165) is 16.8 Å². The van der Waals surface area contributed by atoms with Gasteiger partial charge in [0, 0.05) is 17.8 Å². The lowest BCUT2D eigenvalue weighted by Crippen LogP contribution is -2.42. The number of hydrogen-bond acceptors (Lipinski definition) is 2. The molecule has 5 heteroatoms. The third-order valence-electron chi connectivity index (χ3n) is 3.35. The first kappa shape index (κ1) is 14.4. The van der Waals surface area contributed by atoms with Crippen molar-refractivity contribution in [3.63, 3.8) is 0 Å². The van der Waals surface area contributed by atoms with Gasteiger partial charge in [0.1, 0.15) is 11.9 Å². The fourth-order valence-electron chi connectivity index (χ4n) is 2.24. The van der Waals surface area contributed by atoms with Gasteiger partial charge in [-0.25, -0.2) is 0 Å². The van der Waals surface area contributed by atoms with Gasteiger partial charge in [-0.2, -0.15) is 0 Å². The predicted octanol–water partition coefficient (Wildman–Crippen LogP) is 1.44. The number of nitrogens with zero attached hydrogens (tertiary/aromatic N) is 1. The molecule has 1 fully saturated rings. The zero-order valence-electron chi connectivity index (χ0n) is 11.1. The highest BCUT2D eigenvalue weighted by atomic mass is 35.5. The van der Waals surface area contributed by atoms with E-state index in [2.05, 4.69) is 11.2 Å². The number of anilines is 1. The van der Waals surface area contributed by atoms with Crippen molar-refractivity contribution in [1.29, 1.82) is 0 Å². The van der Waals surface area contributed by atoms with Crippen molar-refractivity contribution in [2.45, 2.75) is 19.4 Å². The van der Waals surface area contributed by atoms with E-state index in [9.17, 15) is 9.59 Å². The molecule has 0 saturated carbocycles. The maximum Gasteiger partial charge on any atom is 0.249 e. The molecule has 1 aliphatic rings. The summed E-state index contributed by atoms with van der Waals surface area (Å²) in [5.41, 5.74) is 2.52. The molecule has 1 aromatic carbocycles. The number of alkyl halides is 1. The maximum absolute atomic E-state index is 12.3. The standard InChI is InChI=1S/C15H15ClN2O2/c1-3-11-8-12(5-4-10(11)2)18-7-6-13(15(18)20)17-14(19)9-16/h1,4-5,8,13H,6-7,9H2,2H3,(H,17,19). The highest BCUT2D eigenvalue weighted by Gasteiger charge is 2.33. The summed E-state index contributed by atoms with van der Waals surface area (Å²) in [4.78, 5) is 25.2. The van der Waals surface area contributed by atoms with Gasteiger partial charge in [-0.3, -0.25) is 9.59 Å². The molecule has 1 saturated heterocycles. The maximum atomic E-state index is 12.3. The Morgan fingerprint density at radius 2 is 2.35 bits per heavy atom. The lowest BCUT2D eigenvalue weighted by Gasteiger charge is -2.18. The zero-order valence-corrected chi connectivity index (χ0v) is 11.9. The number of terminal acetylenes is 1. The summed E-state index contributed by atoms with van der Waals surface area (Å²) < 4.78 is 0. The molecular weight excluding hydrogens is 276 g/mol. The van der Waals surface area contributed by atoms with E-state index in [4.69, 9.17) is 18.0 Å². The number of nitrogens with one attached hydrogen (secondary N) is 1. The molecule has 0 aromatic heterocycles. The highest BCUT2D eigenvalue weighted by molar-refractivity contribution is 6.27. The molecule has 0 spiro atoms. The Morgan fingerprint density at radius 1 is 1.60 bits per heavy atom. The largest absolute Gasteiger partial charge is 0.343 e. The van der Waals surface area contributed by atoms with Crippen molar-refractivity contribution >= 4 is 29.1 Å². The van der Waals surface area contributed by atoms with Crippen LogP contribution in [0.4, 0.5) is 5.69 Å². The molecular formula is C15H15ClN2O2. The molecule has 1 aliphatic heterocycles. The topological polar surface area (TPSA) is 49.4 Å². The Morgan fingerprint density at radius 3 is 3.00 bits per heavy atom. The second-order valence-corrected chi connectivity index (χ2v) is 4.94. The molecule has 104 valence electrons. The van der Waals surface area contributed by atoms with Crippen molar-refractivity contribution in [1.82, 2.24) is 5.32 Å². The first-order chi connectivity index (χ1) is 9.56. The Labute approximate surface area is 123 Å². The number of carbonyl (C=O) groups excluding carboxylic acids is 2. The molecule has 1 heterocycles. The minimum atomic E-state index is -0.503. The van der Waals surface area contributed by atoms with Gasteiger partial charge in [0.25, 0.3) is 0 Å². The van der Waals surface area contributed by atoms with Gasteiger partial charge < -0.3 is 10.2 Å². The number of aryl methyl sites for hydroxylation is 1. The Hall–Kier alpha value is -1.99. The molecule has 1 unspecified atom stereocenters. The number of rotatable bonds is 3. The normalized spacial score (nSPS) is 17.9. The summed E-state index contributed by atoms with van der Waals surface area (Å²) in [5.74, 6) is 2.00. The van der Waals surface area contributed by atoms with Gasteiger partial charge in [-0.1, -0.05) is 12.0 Å². The second kappa shape index (κ2) is 5.98. The van der Waals surface area contributed by atoms with E-state index in [0.29, 0.717) is 13.0 Å². The minimum absolute atomic E-state index is 0.129. The van der Waals surface area contributed by atoms with Crippen LogP contribution < -0.4 is 10.2 Å². The summed E-state index contributed by atoms with van der Waals surface area (Å²) in [7, 11) is 0. The molecule has 1 aromatic rings. The van der Waals surface area contributed by atoms with Crippen LogP contribution in [0.15, 0.2) is 18.2 Å². The van der Waals surface area contributed by atoms with Crippen LogP contribution in [0.1, 0.15) is 17.5 Å². The highest BCUT2D eigenvalue weighted by Crippen LogP contribution is 2.24. The van der Waals surface area contributed by atoms with Crippen molar-refractivity contribution in [2.24, 2.45) is 0 Å². The average molecular weight is 291 g/mol. The van der Waals surface area contributed by atoms with Crippen LogP contribution in [0.5, 0.6) is 0 Å². The van der Waals surface area contributed by atoms with Crippen LogP contribution >= 0.6 is 11.6 Å². The molecule has 4 nitrogen and oxygen atoms in total. The molecule has 2 rings (SSSR count). The van der Waals surface area contributed by atoms with Crippen molar-refractivity contribution in [3.05, 3.63) is 29.3 Å². The Kier molecular flexibility index (Phi) is 4.31. The van der Waals surface area contributed by atoms with Crippen LogP contribution in [0, 0.1) is 19.3 Å². The van der Waals surface area contributed by atoms with E-state index < -0.39 is 6.04 Å². The van der Waals surface area contributed by atoms with Crippen molar-refractivity contribution in [3.8, 4) is 12.3 Å².